The lowest BCUT2D eigenvalue weighted by Crippen LogP contribution is -2.54. The number of nitrogens with zero attached hydrogens (tertiary/aromatic N) is 2. The van der Waals surface area contributed by atoms with Gasteiger partial charge in [0.1, 0.15) is 0 Å². The number of hydrogen-bond acceptors (Lipinski definition) is 3. The Labute approximate surface area is 110 Å². The summed E-state index contributed by atoms with van der Waals surface area (Å²) in [4.78, 5) is 16.9. The summed E-state index contributed by atoms with van der Waals surface area (Å²) in [5.41, 5.74) is 5.96. The minimum atomic E-state index is 0.00259. The standard InChI is InChI=1S/C14H27N3O/c1-10-6-7-11(2)17(10)12(3)14(18)16-8-4-5-13(15)9-16/h10-13H,4-9,15H2,1-3H3/t10?,11?,12?,13-/m1/s1. The molecular weight excluding hydrogens is 226 g/mol. The molecule has 2 N–H and O–H groups in total. The number of nitrogens with two attached hydrogens (primary N) is 1. The molecule has 2 heterocycles. The molecule has 0 aromatic carbocycles. The number of carbonyl (C=O) groups is 1. The number of likely N-dealkylation sites (tertiary alicyclic amines) is 2. The van der Waals surface area contributed by atoms with E-state index in [1.165, 1.54) is 12.8 Å². The van der Waals surface area contributed by atoms with Crippen molar-refractivity contribution in [2.45, 2.75) is 70.6 Å². The van der Waals surface area contributed by atoms with Gasteiger partial charge in [-0.05, 0) is 46.5 Å². The van der Waals surface area contributed by atoms with Crippen molar-refractivity contribution in [3.05, 3.63) is 0 Å². The van der Waals surface area contributed by atoms with Crippen LogP contribution >= 0.6 is 0 Å². The first-order valence-corrected chi connectivity index (χ1v) is 7.32. The molecule has 0 aromatic rings. The largest absolute Gasteiger partial charge is 0.340 e. The van der Waals surface area contributed by atoms with Crippen LogP contribution in [-0.4, -0.2) is 53.0 Å². The fourth-order valence-corrected chi connectivity index (χ4v) is 3.58. The van der Waals surface area contributed by atoms with Gasteiger partial charge in [-0.1, -0.05) is 0 Å². The Kier molecular flexibility index (Phi) is 4.28. The Morgan fingerprint density at radius 3 is 2.39 bits per heavy atom. The van der Waals surface area contributed by atoms with Crippen LogP contribution in [0, 0.1) is 0 Å². The van der Waals surface area contributed by atoms with Crippen LogP contribution < -0.4 is 5.73 Å². The second-order valence-electron chi connectivity index (χ2n) is 6.09. The summed E-state index contributed by atoms with van der Waals surface area (Å²) in [5, 5.41) is 0. The summed E-state index contributed by atoms with van der Waals surface area (Å²) >= 11 is 0. The number of piperidine rings is 1. The maximum Gasteiger partial charge on any atom is 0.239 e. The second-order valence-corrected chi connectivity index (χ2v) is 6.09. The monoisotopic (exact) mass is 253 g/mol. The zero-order valence-electron chi connectivity index (χ0n) is 11.9. The number of hydrogen-bond donors (Lipinski definition) is 1. The molecule has 0 bridgehead atoms. The summed E-state index contributed by atoms with van der Waals surface area (Å²) < 4.78 is 0. The van der Waals surface area contributed by atoms with Crippen LogP contribution in [0.5, 0.6) is 0 Å². The van der Waals surface area contributed by atoms with Gasteiger partial charge >= 0.3 is 0 Å². The van der Waals surface area contributed by atoms with Crippen LogP contribution in [0.15, 0.2) is 0 Å². The topological polar surface area (TPSA) is 49.6 Å². The van der Waals surface area contributed by atoms with Gasteiger partial charge in [-0.15, -0.1) is 0 Å². The van der Waals surface area contributed by atoms with Crippen molar-refractivity contribution >= 4 is 5.91 Å². The maximum absolute atomic E-state index is 12.6. The Morgan fingerprint density at radius 2 is 1.83 bits per heavy atom. The van der Waals surface area contributed by atoms with Crippen molar-refractivity contribution in [1.29, 1.82) is 0 Å². The van der Waals surface area contributed by atoms with Crippen molar-refractivity contribution in [3.63, 3.8) is 0 Å². The molecule has 3 unspecified atom stereocenters. The molecule has 0 aromatic heterocycles. The van der Waals surface area contributed by atoms with Crippen molar-refractivity contribution in [3.8, 4) is 0 Å². The molecule has 4 heteroatoms. The molecule has 2 aliphatic rings. The molecule has 2 rings (SSSR count). The maximum atomic E-state index is 12.6. The third kappa shape index (κ3) is 2.69. The lowest BCUT2D eigenvalue weighted by Gasteiger charge is -2.38. The van der Waals surface area contributed by atoms with Crippen LogP contribution in [0.25, 0.3) is 0 Å². The first kappa shape index (κ1) is 13.8. The quantitative estimate of drug-likeness (QED) is 0.804. The molecule has 0 saturated carbocycles. The van der Waals surface area contributed by atoms with E-state index in [1.807, 2.05) is 4.90 Å². The zero-order valence-corrected chi connectivity index (χ0v) is 11.9. The van der Waals surface area contributed by atoms with Crippen LogP contribution in [-0.2, 0) is 4.79 Å². The van der Waals surface area contributed by atoms with Crippen LogP contribution in [0.4, 0.5) is 0 Å². The predicted molar refractivity (Wildman–Crippen MR) is 73.2 cm³/mol. The van der Waals surface area contributed by atoms with Gasteiger partial charge in [0.05, 0.1) is 6.04 Å². The number of carbonyl (C=O) groups excluding carboxylic acids is 1. The first-order valence-electron chi connectivity index (χ1n) is 7.32. The zero-order chi connectivity index (χ0) is 13.3. The van der Waals surface area contributed by atoms with Crippen molar-refractivity contribution in [2.24, 2.45) is 5.73 Å². The van der Waals surface area contributed by atoms with Crippen LogP contribution in [0.3, 0.4) is 0 Å². The van der Waals surface area contributed by atoms with E-state index in [-0.39, 0.29) is 18.0 Å². The van der Waals surface area contributed by atoms with E-state index >= 15 is 0 Å². The van der Waals surface area contributed by atoms with E-state index in [9.17, 15) is 4.79 Å². The fraction of sp³-hybridized carbons (Fsp3) is 0.929. The lowest BCUT2D eigenvalue weighted by atomic mass is 10.1. The van der Waals surface area contributed by atoms with E-state index in [2.05, 4.69) is 25.7 Å². The highest BCUT2D eigenvalue weighted by molar-refractivity contribution is 5.81. The smallest absolute Gasteiger partial charge is 0.239 e. The lowest BCUT2D eigenvalue weighted by molar-refractivity contribution is -0.138. The highest BCUT2D eigenvalue weighted by Gasteiger charge is 2.36. The SMILES string of the molecule is CC1CCC(C)N1C(C)C(=O)N1CCC[C@@H](N)C1. The molecule has 0 spiro atoms. The van der Waals surface area contributed by atoms with E-state index in [1.54, 1.807) is 0 Å². The highest BCUT2D eigenvalue weighted by atomic mass is 16.2. The Balaban J connectivity index is 1.99. The highest BCUT2D eigenvalue weighted by Crippen LogP contribution is 2.27. The molecule has 0 radical (unpaired) electrons. The van der Waals surface area contributed by atoms with Crippen molar-refractivity contribution < 1.29 is 4.79 Å². The normalized spacial score (nSPS) is 35.8. The number of rotatable bonds is 2. The van der Waals surface area contributed by atoms with Crippen LogP contribution in [0.1, 0.15) is 46.5 Å². The van der Waals surface area contributed by atoms with Gasteiger partial charge in [-0.3, -0.25) is 9.69 Å². The molecule has 2 saturated heterocycles. The molecule has 0 aliphatic carbocycles. The Morgan fingerprint density at radius 1 is 1.22 bits per heavy atom. The molecule has 18 heavy (non-hydrogen) atoms. The summed E-state index contributed by atoms with van der Waals surface area (Å²) in [5.74, 6) is 0.269. The summed E-state index contributed by atoms with van der Waals surface area (Å²) in [6.07, 6.45) is 4.51. The molecule has 4 atom stereocenters. The second kappa shape index (κ2) is 5.57. The van der Waals surface area contributed by atoms with Crippen molar-refractivity contribution in [1.82, 2.24) is 9.80 Å². The van der Waals surface area contributed by atoms with Gasteiger partial charge in [0.25, 0.3) is 0 Å². The van der Waals surface area contributed by atoms with Gasteiger partial charge in [0, 0.05) is 31.2 Å². The predicted octanol–water partition coefficient (Wildman–Crippen LogP) is 1.20. The summed E-state index contributed by atoms with van der Waals surface area (Å²) in [7, 11) is 0. The summed E-state index contributed by atoms with van der Waals surface area (Å²) in [6.45, 7) is 8.14. The molecular formula is C14H27N3O. The van der Waals surface area contributed by atoms with Crippen molar-refractivity contribution in [2.75, 3.05) is 13.1 Å². The summed E-state index contributed by atoms with van der Waals surface area (Å²) in [6, 6.07) is 1.22. The third-order valence-corrected chi connectivity index (χ3v) is 4.59. The van der Waals surface area contributed by atoms with E-state index in [4.69, 9.17) is 5.73 Å². The molecule has 2 aliphatic heterocycles. The Hall–Kier alpha value is -0.610. The Bertz CT molecular complexity index is 297. The first-order chi connectivity index (χ1) is 8.50. The van der Waals surface area contributed by atoms with Crippen LogP contribution in [0.2, 0.25) is 0 Å². The van der Waals surface area contributed by atoms with E-state index in [0.717, 1.165) is 25.9 Å². The average molecular weight is 253 g/mol. The van der Waals surface area contributed by atoms with Gasteiger partial charge in [-0.25, -0.2) is 0 Å². The minimum absolute atomic E-state index is 0.00259. The third-order valence-electron chi connectivity index (χ3n) is 4.59. The van der Waals surface area contributed by atoms with E-state index < -0.39 is 0 Å². The fourth-order valence-electron chi connectivity index (χ4n) is 3.58. The minimum Gasteiger partial charge on any atom is -0.340 e. The van der Waals surface area contributed by atoms with Gasteiger partial charge in [-0.2, -0.15) is 0 Å². The molecule has 2 fully saturated rings. The van der Waals surface area contributed by atoms with E-state index in [0.29, 0.717) is 12.1 Å². The van der Waals surface area contributed by atoms with Gasteiger partial charge in [0.2, 0.25) is 5.91 Å². The number of amides is 1. The van der Waals surface area contributed by atoms with Gasteiger partial charge < -0.3 is 10.6 Å². The molecule has 4 nitrogen and oxygen atoms in total. The van der Waals surface area contributed by atoms with Gasteiger partial charge in [0.15, 0.2) is 0 Å². The molecule has 1 amide bonds. The molecule has 104 valence electrons. The average Bonchev–Trinajstić information content (AvgIpc) is 2.67.